The Morgan fingerprint density at radius 1 is 0.943 bits per heavy atom. The van der Waals surface area contributed by atoms with Crippen molar-refractivity contribution in [2.75, 3.05) is 38.1 Å². The van der Waals surface area contributed by atoms with E-state index in [1.54, 1.807) is 30.3 Å². The molecule has 17 nitrogen and oxygen atoms in total. The van der Waals surface area contributed by atoms with E-state index in [4.69, 9.17) is 9.57 Å². The Labute approximate surface area is 411 Å². The van der Waals surface area contributed by atoms with Crippen molar-refractivity contribution < 1.29 is 46.4 Å². The molecule has 0 aromatic heterocycles. The summed E-state index contributed by atoms with van der Waals surface area (Å²) in [5, 5.41) is 9.11. The number of para-hydroxylation sites is 1. The first-order valence-electron chi connectivity index (χ1n) is 25.4. The molecule has 5 amide bonds. The highest BCUT2D eigenvalue weighted by Gasteiger charge is 2.61. The predicted molar refractivity (Wildman–Crippen MR) is 259 cm³/mol. The number of carbonyl (C=O) groups excluding carboxylic acids is 5. The number of carbonyl (C=O) groups is 5. The van der Waals surface area contributed by atoms with Gasteiger partial charge in [-0.25, -0.2) is 22.3 Å². The Bertz CT molecular complexity index is 2380. The molecule has 382 valence electrons. The normalized spacial score (nSPS) is 27.6. The van der Waals surface area contributed by atoms with E-state index < -0.39 is 81.2 Å². The lowest BCUT2D eigenvalue weighted by atomic mass is 9.83. The minimum absolute atomic E-state index is 0.0199. The molecule has 70 heavy (non-hydrogen) atoms. The molecule has 0 unspecified atom stereocenters. The molecule has 0 radical (unpaired) electrons. The van der Waals surface area contributed by atoms with Crippen LogP contribution in [0.4, 0.5) is 14.9 Å². The Morgan fingerprint density at radius 3 is 2.40 bits per heavy atom. The largest absolute Gasteiger partial charge is 0.444 e. The first-order chi connectivity index (χ1) is 33.6. The highest BCUT2D eigenvalue weighted by Crippen LogP contribution is 2.45. The van der Waals surface area contributed by atoms with Crippen LogP contribution in [0.3, 0.4) is 0 Å². The molecule has 8 rings (SSSR count). The van der Waals surface area contributed by atoms with Crippen LogP contribution < -0.4 is 26.2 Å². The van der Waals surface area contributed by atoms with Gasteiger partial charge < -0.3 is 25.6 Å². The maximum atomic E-state index is 15.2. The summed E-state index contributed by atoms with van der Waals surface area (Å²) in [6, 6.07) is 7.79. The van der Waals surface area contributed by atoms with Crippen LogP contribution in [0.25, 0.3) is 0 Å². The summed E-state index contributed by atoms with van der Waals surface area (Å²) >= 11 is 0. The van der Waals surface area contributed by atoms with Gasteiger partial charge in [0.2, 0.25) is 17.7 Å². The number of halogens is 1. The zero-order chi connectivity index (χ0) is 49.6. The molecule has 2 aromatic rings. The van der Waals surface area contributed by atoms with E-state index in [-0.39, 0.29) is 55.2 Å². The summed E-state index contributed by atoms with van der Waals surface area (Å²) in [6.45, 7) is 10.7. The molecular formula is C51H71FN8O9S. The smallest absolute Gasteiger partial charge is 0.410 e. The second-order valence-corrected chi connectivity index (χ2v) is 22.4. The molecule has 6 aliphatic rings. The molecule has 4 heterocycles. The number of hydroxylamine groups is 1. The number of ether oxygens (including phenoxy) is 1. The number of rotatable bonds is 10. The van der Waals surface area contributed by atoms with Crippen LogP contribution in [0.5, 0.6) is 0 Å². The number of fused-ring (bicyclic) bond motifs is 3. The summed E-state index contributed by atoms with van der Waals surface area (Å²) in [6.07, 6.45) is 10.3. The van der Waals surface area contributed by atoms with Crippen molar-refractivity contribution in [3.8, 4) is 0 Å². The van der Waals surface area contributed by atoms with Crippen LogP contribution in [-0.2, 0) is 51.9 Å². The lowest BCUT2D eigenvalue weighted by Gasteiger charge is -2.36. The van der Waals surface area contributed by atoms with Gasteiger partial charge in [-0.05, 0) is 102 Å². The zero-order valence-electron chi connectivity index (χ0n) is 40.6. The third kappa shape index (κ3) is 11.6. The number of hydrogen-bond acceptors (Lipinski definition) is 12. The van der Waals surface area contributed by atoms with E-state index in [2.05, 4.69) is 51.5 Å². The quantitative estimate of drug-likeness (QED) is 0.150. The predicted octanol–water partition coefficient (Wildman–Crippen LogP) is 5.41. The average Bonchev–Trinajstić information content (AvgIpc) is 3.79. The highest BCUT2D eigenvalue weighted by atomic mass is 32.2. The van der Waals surface area contributed by atoms with E-state index in [9.17, 15) is 32.0 Å². The van der Waals surface area contributed by atoms with Crippen molar-refractivity contribution in [1.29, 1.82) is 0 Å². The SMILES string of the molecule is C=C[C@@H]1C[C@@]12NC(=O)[C@@H]1C[C@@H](OC(=O)N3Cc4cccc(F)c4C3)CN1C(=O)[C@@H](NC(=O)[C@@H](NOCC(C)(C)N1CCCC1)C1CCCCC1)CCCCCCCNc1ccccc1S(=O)(=O)NC2=O. The minimum Gasteiger partial charge on any atom is -0.444 e. The molecule has 5 N–H and O–H groups in total. The van der Waals surface area contributed by atoms with Crippen molar-refractivity contribution in [3.05, 3.63) is 72.1 Å². The number of nitrogens with one attached hydrogen (secondary N) is 5. The van der Waals surface area contributed by atoms with Gasteiger partial charge in [-0.2, -0.15) is 5.48 Å². The average molecular weight is 991 g/mol. The second kappa shape index (κ2) is 22.1. The summed E-state index contributed by atoms with van der Waals surface area (Å²) in [5.41, 5.74) is 2.51. The molecule has 2 aromatic carbocycles. The van der Waals surface area contributed by atoms with Gasteiger partial charge in [0.15, 0.2) is 0 Å². The molecule has 1 spiro atoms. The Balaban J connectivity index is 1.07. The summed E-state index contributed by atoms with van der Waals surface area (Å²) in [5.74, 6) is -3.82. The molecule has 0 bridgehead atoms. The monoisotopic (exact) mass is 991 g/mol. The van der Waals surface area contributed by atoms with E-state index in [1.165, 1.54) is 28.0 Å². The first kappa shape index (κ1) is 51.3. The number of sulfonamides is 1. The lowest BCUT2D eigenvalue weighted by Crippen LogP contribution is -2.59. The number of anilines is 1. The van der Waals surface area contributed by atoms with Gasteiger partial charge >= 0.3 is 6.09 Å². The Hall–Kier alpha value is -5.11. The summed E-state index contributed by atoms with van der Waals surface area (Å²) in [4.78, 5) is 83.7. The van der Waals surface area contributed by atoms with Crippen LogP contribution in [0.2, 0.25) is 0 Å². The van der Waals surface area contributed by atoms with E-state index in [0.29, 0.717) is 42.8 Å². The summed E-state index contributed by atoms with van der Waals surface area (Å²) in [7, 11) is -4.45. The van der Waals surface area contributed by atoms with Gasteiger partial charge in [-0.15, -0.1) is 6.58 Å². The molecular weight excluding hydrogens is 920 g/mol. The third-order valence-corrected chi connectivity index (χ3v) is 16.7. The number of amides is 5. The maximum absolute atomic E-state index is 15.2. The molecule has 2 saturated carbocycles. The van der Waals surface area contributed by atoms with Crippen molar-refractivity contribution in [2.24, 2.45) is 11.8 Å². The van der Waals surface area contributed by atoms with Gasteiger partial charge in [0, 0.05) is 36.5 Å². The number of benzene rings is 2. The fourth-order valence-corrected chi connectivity index (χ4v) is 12.3. The lowest BCUT2D eigenvalue weighted by molar-refractivity contribution is -0.144. The van der Waals surface area contributed by atoms with Crippen LogP contribution in [0, 0.1) is 17.7 Å². The van der Waals surface area contributed by atoms with Gasteiger partial charge in [0.25, 0.3) is 15.9 Å². The maximum Gasteiger partial charge on any atom is 0.410 e. The first-order valence-corrected chi connectivity index (χ1v) is 26.9. The molecule has 2 saturated heterocycles. The fourth-order valence-electron chi connectivity index (χ4n) is 11.1. The summed E-state index contributed by atoms with van der Waals surface area (Å²) < 4.78 is 50.7. The van der Waals surface area contributed by atoms with Gasteiger partial charge in [-0.1, -0.05) is 75.3 Å². The number of hydrogen-bond donors (Lipinski definition) is 5. The standard InChI is InChI=1S/C51H71FN8O9S/c1-4-36-29-51(36)48(64)57-70(66,67)43-24-13-12-22-40(43)53-25-14-7-5-6-11-23-41(54-46(62)44(34-18-9-8-10-19-34)56-68-33-50(2,3)59-26-15-16-27-59)47(63)60-31-37(28-42(60)45(61)55-51)69-49(65)58-30-35-20-17-21-39(52)38(35)32-58/h4,12-13,17,20-22,24,34,36-37,41-42,44,53,56H,1,5-11,14-16,18-19,23,25-33H2,2-3H3,(H,54,62)(H,55,61)(H,57,64)/t36-,37-,41+,42+,44+,51-/m1/s1. The van der Waals surface area contributed by atoms with Gasteiger partial charge in [0.1, 0.15) is 40.5 Å². The number of nitrogens with zero attached hydrogens (tertiary/aromatic N) is 3. The van der Waals surface area contributed by atoms with E-state index in [0.717, 1.165) is 77.3 Å². The Morgan fingerprint density at radius 2 is 1.66 bits per heavy atom. The van der Waals surface area contributed by atoms with Crippen molar-refractivity contribution in [1.82, 2.24) is 35.5 Å². The van der Waals surface area contributed by atoms with Crippen LogP contribution in [-0.4, -0.2) is 121 Å². The second-order valence-electron chi connectivity index (χ2n) is 20.8. The van der Waals surface area contributed by atoms with Gasteiger partial charge in [0.05, 0.1) is 25.4 Å². The molecule has 6 atom stereocenters. The van der Waals surface area contributed by atoms with Crippen LogP contribution >= 0.6 is 0 Å². The number of likely N-dealkylation sites (tertiary alicyclic amines) is 1. The minimum atomic E-state index is -4.45. The van der Waals surface area contributed by atoms with E-state index in [1.807, 2.05) is 0 Å². The van der Waals surface area contributed by atoms with Crippen molar-refractivity contribution in [2.45, 2.75) is 163 Å². The molecule has 2 aliphatic carbocycles. The molecule has 4 aliphatic heterocycles. The third-order valence-electron chi connectivity index (χ3n) is 15.4. The topological polar surface area (TPSA) is 208 Å². The molecule has 4 fully saturated rings. The fraction of sp³-hybridized carbons (Fsp3) is 0.627. The molecule has 19 heteroatoms. The van der Waals surface area contributed by atoms with Crippen molar-refractivity contribution in [3.63, 3.8) is 0 Å². The Kier molecular flexibility index (Phi) is 16.2. The highest BCUT2D eigenvalue weighted by molar-refractivity contribution is 7.90. The van der Waals surface area contributed by atoms with E-state index >= 15 is 4.79 Å². The van der Waals surface area contributed by atoms with Crippen LogP contribution in [0.1, 0.15) is 121 Å². The van der Waals surface area contributed by atoms with Crippen molar-refractivity contribution >= 4 is 45.4 Å². The zero-order valence-corrected chi connectivity index (χ0v) is 41.5. The van der Waals surface area contributed by atoms with Crippen LogP contribution in [0.15, 0.2) is 60.0 Å². The van der Waals surface area contributed by atoms with Gasteiger partial charge in [-0.3, -0.25) is 33.8 Å².